The maximum Gasteiger partial charge on any atom is 0.272 e. The number of hydrogen-bond donors (Lipinski definition) is 2. The predicted molar refractivity (Wildman–Crippen MR) is 94.4 cm³/mol. The standard InChI is InChI=1S/C14H11BrIN3O3/c1-22-12-3-8(2-11(16)13(12)20)5-18-19-14(21)9-4-10(15)7-17-6-9/h2-7,20H,1H3,(H,19,21)/b18-5-. The van der Waals surface area contributed by atoms with E-state index in [9.17, 15) is 9.90 Å². The van der Waals surface area contributed by atoms with Crippen molar-refractivity contribution in [3.05, 3.63) is 49.8 Å². The van der Waals surface area contributed by atoms with Crippen LogP contribution >= 0.6 is 38.5 Å². The van der Waals surface area contributed by atoms with Crippen LogP contribution in [0.15, 0.2) is 40.2 Å². The third kappa shape index (κ3) is 4.17. The van der Waals surface area contributed by atoms with Crippen molar-refractivity contribution >= 4 is 50.6 Å². The predicted octanol–water partition coefficient (Wildman–Crippen LogP) is 2.93. The van der Waals surface area contributed by atoms with Gasteiger partial charge in [0.1, 0.15) is 0 Å². The van der Waals surface area contributed by atoms with E-state index < -0.39 is 0 Å². The molecule has 22 heavy (non-hydrogen) atoms. The van der Waals surface area contributed by atoms with Gasteiger partial charge in [-0.1, -0.05) is 0 Å². The van der Waals surface area contributed by atoms with Crippen LogP contribution in [0.2, 0.25) is 0 Å². The van der Waals surface area contributed by atoms with E-state index in [1.807, 2.05) is 22.6 Å². The summed E-state index contributed by atoms with van der Waals surface area (Å²) in [4.78, 5) is 15.8. The lowest BCUT2D eigenvalue weighted by Crippen LogP contribution is -2.17. The third-order valence-corrected chi connectivity index (χ3v) is 3.87. The van der Waals surface area contributed by atoms with Crippen LogP contribution in [0.1, 0.15) is 15.9 Å². The summed E-state index contributed by atoms with van der Waals surface area (Å²) in [6, 6.07) is 4.98. The Labute approximate surface area is 148 Å². The highest BCUT2D eigenvalue weighted by Gasteiger charge is 2.08. The Hall–Kier alpha value is -1.68. The van der Waals surface area contributed by atoms with Gasteiger partial charge in [-0.05, 0) is 62.3 Å². The Morgan fingerprint density at radius 3 is 2.91 bits per heavy atom. The molecule has 0 aliphatic heterocycles. The average molecular weight is 476 g/mol. The molecule has 0 spiro atoms. The monoisotopic (exact) mass is 475 g/mol. The molecule has 0 bridgehead atoms. The van der Waals surface area contributed by atoms with Gasteiger partial charge in [0.15, 0.2) is 11.5 Å². The largest absolute Gasteiger partial charge is 0.504 e. The number of pyridine rings is 1. The fourth-order valence-corrected chi connectivity index (χ4v) is 2.58. The highest BCUT2D eigenvalue weighted by Crippen LogP contribution is 2.31. The van der Waals surface area contributed by atoms with Gasteiger partial charge in [0.2, 0.25) is 0 Å². The van der Waals surface area contributed by atoms with E-state index in [1.54, 1.807) is 24.4 Å². The average Bonchev–Trinajstić information content (AvgIpc) is 2.50. The van der Waals surface area contributed by atoms with Crippen molar-refractivity contribution in [3.8, 4) is 11.5 Å². The van der Waals surface area contributed by atoms with Gasteiger partial charge in [-0.15, -0.1) is 0 Å². The normalized spacial score (nSPS) is 10.7. The summed E-state index contributed by atoms with van der Waals surface area (Å²) < 4.78 is 6.40. The molecule has 0 radical (unpaired) electrons. The number of aromatic nitrogens is 1. The smallest absolute Gasteiger partial charge is 0.272 e. The van der Waals surface area contributed by atoms with Gasteiger partial charge in [-0.25, -0.2) is 5.43 Å². The molecule has 2 N–H and O–H groups in total. The molecule has 8 heteroatoms. The minimum atomic E-state index is -0.370. The Morgan fingerprint density at radius 1 is 1.45 bits per heavy atom. The zero-order chi connectivity index (χ0) is 16.1. The summed E-state index contributed by atoms with van der Waals surface area (Å²) in [6.45, 7) is 0. The fourth-order valence-electron chi connectivity index (χ4n) is 1.59. The first-order chi connectivity index (χ1) is 10.5. The van der Waals surface area contributed by atoms with Crippen molar-refractivity contribution < 1.29 is 14.6 Å². The highest BCUT2D eigenvalue weighted by molar-refractivity contribution is 14.1. The van der Waals surface area contributed by atoms with E-state index in [0.29, 0.717) is 24.9 Å². The van der Waals surface area contributed by atoms with Crippen LogP contribution in [0.25, 0.3) is 0 Å². The van der Waals surface area contributed by atoms with Gasteiger partial charge in [-0.2, -0.15) is 5.10 Å². The number of hydrogen-bond acceptors (Lipinski definition) is 5. The van der Waals surface area contributed by atoms with Crippen LogP contribution in [0.3, 0.4) is 0 Å². The Balaban J connectivity index is 2.10. The van der Waals surface area contributed by atoms with E-state index in [-0.39, 0.29) is 11.7 Å². The highest BCUT2D eigenvalue weighted by atomic mass is 127. The molecule has 0 saturated carbocycles. The first kappa shape index (κ1) is 16.7. The summed E-state index contributed by atoms with van der Waals surface area (Å²) in [5, 5.41) is 13.6. The lowest BCUT2D eigenvalue weighted by molar-refractivity contribution is 0.0954. The summed E-state index contributed by atoms with van der Waals surface area (Å²) in [5.74, 6) is 0.0471. The topological polar surface area (TPSA) is 83.8 Å². The molecule has 6 nitrogen and oxygen atoms in total. The molecule has 1 aromatic heterocycles. The van der Waals surface area contributed by atoms with Gasteiger partial charge in [-0.3, -0.25) is 9.78 Å². The fraction of sp³-hybridized carbons (Fsp3) is 0.0714. The van der Waals surface area contributed by atoms with E-state index >= 15 is 0 Å². The minimum absolute atomic E-state index is 0.0736. The van der Waals surface area contributed by atoms with Crippen LogP contribution in [-0.4, -0.2) is 29.3 Å². The maximum atomic E-state index is 11.9. The molecule has 0 aliphatic rings. The van der Waals surface area contributed by atoms with E-state index in [0.717, 1.165) is 0 Å². The van der Waals surface area contributed by atoms with E-state index in [4.69, 9.17) is 4.74 Å². The van der Waals surface area contributed by atoms with Crippen molar-refractivity contribution in [2.24, 2.45) is 5.10 Å². The van der Waals surface area contributed by atoms with Gasteiger partial charge in [0.25, 0.3) is 5.91 Å². The minimum Gasteiger partial charge on any atom is -0.504 e. The van der Waals surface area contributed by atoms with Crippen LogP contribution < -0.4 is 10.2 Å². The maximum absolute atomic E-state index is 11.9. The zero-order valence-corrected chi connectivity index (χ0v) is 15.1. The molecule has 114 valence electrons. The number of amides is 1. The molecule has 1 amide bonds. The zero-order valence-electron chi connectivity index (χ0n) is 11.4. The van der Waals surface area contributed by atoms with Crippen molar-refractivity contribution in [1.82, 2.24) is 10.4 Å². The van der Waals surface area contributed by atoms with Gasteiger partial charge >= 0.3 is 0 Å². The van der Waals surface area contributed by atoms with Crippen LogP contribution in [0.5, 0.6) is 11.5 Å². The SMILES string of the molecule is COc1cc(/C=N\NC(=O)c2cncc(Br)c2)cc(I)c1O. The number of methoxy groups -OCH3 is 1. The number of carbonyl (C=O) groups excluding carboxylic acids is 1. The quantitative estimate of drug-likeness (QED) is 0.404. The molecular formula is C14H11BrIN3O3. The lowest BCUT2D eigenvalue weighted by atomic mass is 10.2. The summed E-state index contributed by atoms with van der Waals surface area (Å²) in [6.07, 6.45) is 4.50. The number of rotatable bonds is 4. The Bertz CT molecular complexity index is 737. The second-order valence-electron chi connectivity index (χ2n) is 4.14. The van der Waals surface area contributed by atoms with Crippen molar-refractivity contribution in [1.29, 1.82) is 0 Å². The Morgan fingerprint density at radius 2 is 2.23 bits per heavy atom. The molecule has 0 fully saturated rings. The summed E-state index contributed by atoms with van der Waals surface area (Å²) in [7, 11) is 1.47. The number of phenolic OH excluding ortho intramolecular Hbond substituents is 1. The first-order valence-electron chi connectivity index (χ1n) is 6.01. The van der Waals surface area contributed by atoms with E-state index in [1.165, 1.54) is 19.5 Å². The summed E-state index contributed by atoms with van der Waals surface area (Å²) >= 11 is 5.23. The molecule has 2 rings (SSSR count). The molecule has 0 atom stereocenters. The number of nitrogens with one attached hydrogen (secondary N) is 1. The Kier molecular flexibility index (Phi) is 5.72. The van der Waals surface area contributed by atoms with Gasteiger partial charge < -0.3 is 9.84 Å². The van der Waals surface area contributed by atoms with Crippen molar-refractivity contribution in [3.63, 3.8) is 0 Å². The molecule has 0 aliphatic carbocycles. The van der Waals surface area contributed by atoms with Gasteiger partial charge in [0, 0.05) is 16.9 Å². The summed E-state index contributed by atoms with van der Waals surface area (Å²) in [5.41, 5.74) is 3.49. The number of carbonyl (C=O) groups is 1. The van der Waals surface area contributed by atoms with Gasteiger partial charge in [0.05, 0.1) is 22.5 Å². The number of nitrogens with zero attached hydrogens (tertiary/aromatic N) is 2. The molecular weight excluding hydrogens is 465 g/mol. The number of benzene rings is 1. The van der Waals surface area contributed by atoms with Crippen molar-refractivity contribution in [2.75, 3.05) is 7.11 Å². The van der Waals surface area contributed by atoms with Crippen LogP contribution in [-0.2, 0) is 0 Å². The number of ether oxygens (including phenoxy) is 1. The molecule has 0 unspecified atom stereocenters. The van der Waals surface area contributed by atoms with Crippen molar-refractivity contribution in [2.45, 2.75) is 0 Å². The molecule has 1 aromatic carbocycles. The number of hydrazone groups is 1. The second kappa shape index (κ2) is 7.54. The number of phenols is 1. The molecule has 1 heterocycles. The van der Waals surface area contributed by atoms with Crippen LogP contribution in [0.4, 0.5) is 0 Å². The second-order valence-corrected chi connectivity index (χ2v) is 6.22. The molecule has 0 saturated heterocycles. The van der Waals surface area contributed by atoms with E-state index in [2.05, 4.69) is 31.4 Å². The first-order valence-corrected chi connectivity index (χ1v) is 7.89. The number of halogens is 2. The molecule has 2 aromatic rings. The number of aromatic hydroxyl groups is 1. The third-order valence-electron chi connectivity index (χ3n) is 2.62. The lowest BCUT2D eigenvalue weighted by Gasteiger charge is -2.06. The van der Waals surface area contributed by atoms with Crippen LogP contribution in [0, 0.1) is 3.57 Å².